The lowest BCUT2D eigenvalue weighted by atomic mass is 10.1. The number of aryl methyl sites for hydroxylation is 1. The lowest BCUT2D eigenvalue weighted by molar-refractivity contribution is 0.0494. The number of methoxy groups -OCH3 is 1. The maximum atomic E-state index is 12.2. The van der Waals surface area contributed by atoms with Crippen molar-refractivity contribution in [2.24, 2.45) is 0 Å². The van der Waals surface area contributed by atoms with Gasteiger partial charge in [0, 0.05) is 6.42 Å². The highest BCUT2D eigenvalue weighted by Crippen LogP contribution is 2.22. The van der Waals surface area contributed by atoms with Crippen molar-refractivity contribution in [3.05, 3.63) is 53.2 Å². The topological polar surface area (TPSA) is 90.7 Å². The zero-order valence-corrected chi connectivity index (χ0v) is 15.7. The first-order valence-electron chi connectivity index (χ1n) is 8.28. The number of oxazole rings is 1. The number of amides is 1. The first-order chi connectivity index (χ1) is 12.2. The molecule has 7 nitrogen and oxygen atoms in total. The summed E-state index contributed by atoms with van der Waals surface area (Å²) in [4.78, 5) is 28.2. The Labute approximate surface area is 152 Å². The summed E-state index contributed by atoms with van der Waals surface area (Å²) in [5, 5.41) is 2.77. The third kappa shape index (κ3) is 5.34. The molecule has 1 N–H and O–H groups in total. The Balaban J connectivity index is 2.28. The number of esters is 1. The second kappa shape index (κ2) is 8.03. The van der Waals surface area contributed by atoms with Gasteiger partial charge in [0.1, 0.15) is 17.4 Å². The van der Waals surface area contributed by atoms with Crippen LogP contribution in [0, 0.1) is 6.92 Å². The standard InChI is InChI=1S/C19H24N2O5/c1-12-15(17(22)24-5)21-16(25-12)14(11-13-9-7-6-8-10-13)20-18(23)26-19(2,3)4/h6-10,14H,11H2,1-5H3,(H,20,23)/t14-/m0/s1. The Morgan fingerprint density at radius 2 is 1.88 bits per heavy atom. The molecule has 0 bridgehead atoms. The summed E-state index contributed by atoms with van der Waals surface area (Å²) in [6, 6.07) is 8.98. The minimum atomic E-state index is -0.634. The fraction of sp³-hybridized carbons (Fsp3) is 0.421. The molecule has 0 aliphatic rings. The van der Waals surface area contributed by atoms with Gasteiger partial charge in [-0.3, -0.25) is 0 Å². The Morgan fingerprint density at radius 1 is 1.23 bits per heavy atom. The molecule has 1 heterocycles. The number of rotatable bonds is 5. The van der Waals surface area contributed by atoms with Gasteiger partial charge in [0.15, 0.2) is 5.69 Å². The first-order valence-corrected chi connectivity index (χ1v) is 8.28. The van der Waals surface area contributed by atoms with E-state index in [1.807, 2.05) is 30.3 Å². The third-order valence-corrected chi connectivity index (χ3v) is 3.46. The van der Waals surface area contributed by atoms with Crippen LogP contribution in [0.15, 0.2) is 34.7 Å². The van der Waals surface area contributed by atoms with Gasteiger partial charge < -0.3 is 19.2 Å². The third-order valence-electron chi connectivity index (χ3n) is 3.46. The SMILES string of the molecule is COC(=O)c1nc([C@H](Cc2ccccc2)NC(=O)OC(C)(C)C)oc1C. The van der Waals surface area contributed by atoms with Crippen molar-refractivity contribution in [1.82, 2.24) is 10.3 Å². The van der Waals surface area contributed by atoms with Crippen LogP contribution >= 0.6 is 0 Å². The summed E-state index contributed by atoms with van der Waals surface area (Å²) in [6.45, 7) is 6.96. The molecule has 0 radical (unpaired) electrons. The summed E-state index contributed by atoms with van der Waals surface area (Å²) in [6.07, 6.45) is -0.158. The van der Waals surface area contributed by atoms with E-state index in [1.165, 1.54) is 7.11 Å². The van der Waals surface area contributed by atoms with Crippen molar-refractivity contribution >= 4 is 12.1 Å². The molecular weight excluding hydrogens is 336 g/mol. The smallest absolute Gasteiger partial charge is 0.408 e. The van der Waals surface area contributed by atoms with Gasteiger partial charge in [0.05, 0.1) is 7.11 Å². The summed E-state index contributed by atoms with van der Waals surface area (Å²) in [7, 11) is 1.27. The van der Waals surface area contributed by atoms with Crippen LogP contribution in [0.2, 0.25) is 0 Å². The number of benzene rings is 1. The Morgan fingerprint density at radius 3 is 2.46 bits per heavy atom. The number of carbonyl (C=O) groups excluding carboxylic acids is 2. The quantitative estimate of drug-likeness (QED) is 0.820. The Bertz CT molecular complexity index is 762. The van der Waals surface area contributed by atoms with E-state index in [4.69, 9.17) is 13.9 Å². The molecule has 140 valence electrons. The van der Waals surface area contributed by atoms with Crippen molar-refractivity contribution < 1.29 is 23.5 Å². The summed E-state index contributed by atoms with van der Waals surface area (Å²) in [5.41, 5.74) is 0.431. The summed E-state index contributed by atoms with van der Waals surface area (Å²) < 4.78 is 15.6. The molecule has 0 spiro atoms. The molecule has 1 aromatic carbocycles. The van der Waals surface area contributed by atoms with Gasteiger partial charge in [-0.25, -0.2) is 14.6 Å². The van der Waals surface area contributed by atoms with Crippen LogP contribution in [0.3, 0.4) is 0 Å². The first kappa shape index (κ1) is 19.5. The van der Waals surface area contributed by atoms with Crippen LogP contribution in [-0.2, 0) is 15.9 Å². The fourth-order valence-electron chi connectivity index (χ4n) is 2.35. The van der Waals surface area contributed by atoms with Crippen molar-refractivity contribution in [1.29, 1.82) is 0 Å². The van der Waals surface area contributed by atoms with Gasteiger partial charge in [0.2, 0.25) is 5.89 Å². The van der Waals surface area contributed by atoms with Gasteiger partial charge in [-0.15, -0.1) is 0 Å². The molecule has 0 aliphatic carbocycles. The zero-order chi connectivity index (χ0) is 19.3. The molecule has 0 saturated heterocycles. The Kier molecular flexibility index (Phi) is 6.02. The summed E-state index contributed by atoms with van der Waals surface area (Å²) >= 11 is 0. The number of aromatic nitrogens is 1. The van der Waals surface area contributed by atoms with Crippen LogP contribution in [0.25, 0.3) is 0 Å². The molecule has 1 aromatic heterocycles. The zero-order valence-electron chi connectivity index (χ0n) is 15.7. The van der Waals surface area contributed by atoms with E-state index in [-0.39, 0.29) is 11.6 Å². The second-order valence-corrected chi connectivity index (χ2v) is 6.84. The van der Waals surface area contributed by atoms with Gasteiger partial charge in [0.25, 0.3) is 0 Å². The molecule has 0 unspecified atom stereocenters. The maximum absolute atomic E-state index is 12.2. The predicted octanol–water partition coefficient (Wildman–Crippen LogP) is 3.58. The van der Waals surface area contributed by atoms with Crippen LogP contribution in [0.1, 0.15) is 54.5 Å². The van der Waals surface area contributed by atoms with Gasteiger partial charge in [-0.05, 0) is 33.3 Å². The fourth-order valence-corrected chi connectivity index (χ4v) is 2.35. The number of nitrogens with zero attached hydrogens (tertiary/aromatic N) is 1. The number of nitrogens with one attached hydrogen (secondary N) is 1. The highest BCUT2D eigenvalue weighted by Gasteiger charge is 2.27. The van der Waals surface area contributed by atoms with E-state index in [2.05, 4.69) is 10.3 Å². The molecular formula is C19H24N2O5. The molecule has 26 heavy (non-hydrogen) atoms. The van der Waals surface area contributed by atoms with Crippen LogP contribution < -0.4 is 5.32 Å². The molecule has 7 heteroatoms. The largest absolute Gasteiger partial charge is 0.464 e. The van der Waals surface area contributed by atoms with Crippen molar-refractivity contribution in [2.45, 2.75) is 45.8 Å². The minimum absolute atomic E-state index is 0.0894. The molecule has 2 rings (SSSR count). The van der Waals surface area contributed by atoms with E-state index in [1.54, 1.807) is 27.7 Å². The number of hydrogen-bond acceptors (Lipinski definition) is 6. The van der Waals surface area contributed by atoms with E-state index in [0.717, 1.165) is 5.56 Å². The number of ether oxygens (including phenoxy) is 2. The van der Waals surface area contributed by atoms with Crippen molar-refractivity contribution in [3.63, 3.8) is 0 Å². The van der Waals surface area contributed by atoms with E-state index < -0.39 is 23.7 Å². The maximum Gasteiger partial charge on any atom is 0.408 e. The van der Waals surface area contributed by atoms with Gasteiger partial charge >= 0.3 is 12.1 Å². The van der Waals surface area contributed by atoms with E-state index in [0.29, 0.717) is 12.2 Å². The molecule has 1 atom stereocenters. The number of hydrogen-bond donors (Lipinski definition) is 1. The van der Waals surface area contributed by atoms with Crippen LogP contribution in [-0.4, -0.2) is 29.8 Å². The number of carbonyl (C=O) groups is 2. The molecule has 0 aliphatic heterocycles. The number of alkyl carbamates (subject to hydrolysis) is 1. The average Bonchev–Trinajstić information content (AvgIpc) is 2.94. The van der Waals surface area contributed by atoms with Gasteiger partial charge in [-0.2, -0.15) is 0 Å². The molecule has 0 fully saturated rings. The molecule has 1 amide bonds. The van der Waals surface area contributed by atoms with Crippen LogP contribution in [0.4, 0.5) is 4.79 Å². The predicted molar refractivity (Wildman–Crippen MR) is 94.8 cm³/mol. The molecule has 2 aromatic rings. The van der Waals surface area contributed by atoms with Crippen molar-refractivity contribution in [2.75, 3.05) is 7.11 Å². The van der Waals surface area contributed by atoms with Gasteiger partial charge in [-0.1, -0.05) is 30.3 Å². The molecule has 0 saturated carbocycles. The van der Waals surface area contributed by atoms with E-state index in [9.17, 15) is 9.59 Å². The highest BCUT2D eigenvalue weighted by molar-refractivity contribution is 5.88. The lowest BCUT2D eigenvalue weighted by Crippen LogP contribution is -2.36. The lowest BCUT2D eigenvalue weighted by Gasteiger charge is -2.22. The normalized spacial score (nSPS) is 12.3. The van der Waals surface area contributed by atoms with Crippen LogP contribution in [0.5, 0.6) is 0 Å². The highest BCUT2D eigenvalue weighted by atomic mass is 16.6. The summed E-state index contributed by atoms with van der Waals surface area (Å²) in [5.74, 6) is -0.0401. The van der Waals surface area contributed by atoms with Crippen molar-refractivity contribution in [3.8, 4) is 0 Å². The minimum Gasteiger partial charge on any atom is -0.464 e. The second-order valence-electron chi connectivity index (χ2n) is 6.84. The van der Waals surface area contributed by atoms with E-state index >= 15 is 0 Å². The average molecular weight is 360 g/mol. The Hall–Kier alpha value is -2.83. The monoisotopic (exact) mass is 360 g/mol.